The van der Waals surface area contributed by atoms with Crippen molar-refractivity contribution in [1.29, 1.82) is 0 Å². The second kappa shape index (κ2) is 10.1. The van der Waals surface area contributed by atoms with Crippen LogP contribution in [-0.2, 0) is 27.3 Å². The van der Waals surface area contributed by atoms with Crippen LogP contribution in [0.25, 0.3) is 0 Å². The number of carbonyl (C=O) groups excluding carboxylic acids is 4. The van der Waals surface area contributed by atoms with Crippen LogP contribution in [0.1, 0.15) is 54.6 Å². The Labute approximate surface area is 240 Å². The van der Waals surface area contributed by atoms with Crippen LogP contribution >= 0.6 is 0 Å². The lowest BCUT2D eigenvalue weighted by molar-refractivity contribution is -0.190. The molecule has 4 aliphatic rings. The summed E-state index contributed by atoms with van der Waals surface area (Å²) in [4.78, 5) is 59.9. The molecule has 1 saturated heterocycles. The number of aliphatic hydroxyl groups excluding tert-OH is 1. The second-order valence-electron chi connectivity index (χ2n) is 13.1. The molecule has 224 valence electrons. The molecule has 6 unspecified atom stereocenters. The molecule has 11 nitrogen and oxygen atoms in total. The molecule has 5 rings (SSSR count). The fourth-order valence-electron chi connectivity index (χ4n) is 8.20. The van der Waals surface area contributed by atoms with Crippen LogP contribution in [0.15, 0.2) is 6.07 Å². The molecule has 1 heterocycles. The summed E-state index contributed by atoms with van der Waals surface area (Å²) in [7, 11) is 6.99. The molecule has 1 amide bonds. The maximum Gasteiger partial charge on any atom is 0.230 e. The zero-order valence-corrected chi connectivity index (χ0v) is 24.6. The van der Waals surface area contributed by atoms with E-state index in [9.17, 15) is 34.5 Å². The standard InChI is InChI=1S/C30H42N4O7/c1-13-7-8-14(2)34(13)12-16-11-19(32(3)4)17-9-15-10-18-23(33(5)6)26(37)22(29(31)40)28(39)30(18,41)27(38)20(15)25(36)21(17)24(16)35/h11,13-15,18,20,22-23,26,35,37,41H,7-10,12H2,1-6H3,(H2,31,40)/t13?,14?,15-,18-,20?,22?,23?,26?,30-/m1/s1. The Morgan fingerprint density at radius 3 is 2.24 bits per heavy atom. The van der Waals surface area contributed by atoms with Crippen molar-refractivity contribution in [3.05, 3.63) is 22.8 Å². The van der Waals surface area contributed by atoms with Gasteiger partial charge in [-0.25, -0.2) is 0 Å². The number of fused-ring (bicyclic) bond motifs is 3. The number of Topliss-reactive ketones (excluding diaryl/α,β-unsaturated/α-hetero) is 3. The summed E-state index contributed by atoms with van der Waals surface area (Å²) in [5.41, 5.74) is 4.83. The first-order valence-corrected chi connectivity index (χ1v) is 14.4. The number of aromatic hydroxyl groups is 1. The summed E-state index contributed by atoms with van der Waals surface area (Å²) >= 11 is 0. The molecule has 5 N–H and O–H groups in total. The van der Waals surface area contributed by atoms with Crippen molar-refractivity contribution in [2.45, 2.75) is 75.9 Å². The van der Waals surface area contributed by atoms with Crippen LogP contribution in [0.2, 0.25) is 0 Å². The maximum absolute atomic E-state index is 14.2. The SMILES string of the molecule is CC1CCC(C)N1Cc1cc(N(C)C)c2c(c1O)C(=O)C1C(=O)[C@@]3(O)C(=O)C(C(N)=O)C(O)C(N(C)C)[C@H]3C[C@H]1C2. The first-order chi connectivity index (χ1) is 19.1. The summed E-state index contributed by atoms with van der Waals surface area (Å²) in [5.74, 6) is -8.87. The van der Waals surface area contributed by atoms with E-state index in [0.717, 1.165) is 18.5 Å². The summed E-state index contributed by atoms with van der Waals surface area (Å²) in [6.07, 6.45) is 0.912. The van der Waals surface area contributed by atoms with Gasteiger partial charge >= 0.3 is 0 Å². The van der Waals surface area contributed by atoms with Gasteiger partial charge in [-0.2, -0.15) is 0 Å². The molecule has 11 heteroatoms. The van der Waals surface area contributed by atoms with E-state index >= 15 is 0 Å². The fraction of sp³-hybridized carbons (Fsp3) is 0.667. The van der Waals surface area contributed by atoms with Crippen LogP contribution in [0, 0.1) is 23.7 Å². The molecule has 3 fully saturated rings. The van der Waals surface area contributed by atoms with E-state index in [-0.39, 0.29) is 24.2 Å². The molecular weight excluding hydrogens is 528 g/mol. The molecule has 1 aromatic rings. The third-order valence-electron chi connectivity index (χ3n) is 10.3. The number of anilines is 1. The van der Waals surface area contributed by atoms with Gasteiger partial charge in [0.25, 0.3) is 0 Å². The monoisotopic (exact) mass is 570 g/mol. The predicted octanol–water partition coefficient (Wildman–Crippen LogP) is 0.0976. The number of benzene rings is 1. The first-order valence-electron chi connectivity index (χ1n) is 14.4. The minimum Gasteiger partial charge on any atom is -0.507 e. The minimum absolute atomic E-state index is 0.0567. The number of phenols is 1. The summed E-state index contributed by atoms with van der Waals surface area (Å²) in [6.45, 7) is 4.71. The summed E-state index contributed by atoms with van der Waals surface area (Å²) in [5, 5.41) is 34.4. The number of carbonyl (C=O) groups is 4. The molecule has 2 saturated carbocycles. The van der Waals surface area contributed by atoms with Crippen LogP contribution < -0.4 is 10.6 Å². The smallest absolute Gasteiger partial charge is 0.230 e. The molecule has 0 bridgehead atoms. The highest BCUT2D eigenvalue weighted by molar-refractivity contribution is 6.25. The third-order valence-corrected chi connectivity index (χ3v) is 10.3. The molecular formula is C30H42N4O7. The second-order valence-corrected chi connectivity index (χ2v) is 13.1. The Hall–Kier alpha value is -2.86. The van der Waals surface area contributed by atoms with Gasteiger partial charge in [0, 0.05) is 55.9 Å². The van der Waals surface area contributed by atoms with Gasteiger partial charge in [0.15, 0.2) is 23.0 Å². The van der Waals surface area contributed by atoms with E-state index in [4.69, 9.17) is 5.73 Å². The number of aliphatic hydroxyl groups is 2. The van der Waals surface area contributed by atoms with Crippen molar-refractivity contribution in [3.8, 4) is 5.75 Å². The first kappa shape index (κ1) is 29.6. The van der Waals surface area contributed by atoms with Gasteiger partial charge in [-0.1, -0.05) is 0 Å². The molecule has 0 radical (unpaired) electrons. The number of rotatable bonds is 5. The number of nitrogens with two attached hydrogens (primary N) is 1. The van der Waals surface area contributed by atoms with Gasteiger partial charge in [0.2, 0.25) is 5.91 Å². The number of likely N-dealkylation sites (tertiary alicyclic amines) is 1. The van der Waals surface area contributed by atoms with E-state index in [1.807, 2.05) is 25.1 Å². The third kappa shape index (κ3) is 4.23. The number of primary amides is 1. The Kier molecular flexibility index (Phi) is 7.33. The average molecular weight is 571 g/mol. The Balaban J connectivity index is 1.62. The van der Waals surface area contributed by atoms with E-state index in [0.29, 0.717) is 29.8 Å². The van der Waals surface area contributed by atoms with Gasteiger partial charge in [0.05, 0.1) is 17.6 Å². The number of phenolic OH excluding ortho intramolecular Hbond substituents is 1. The number of ketones is 3. The lowest BCUT2D eigenvalue weighted by Gasteiger charge is -2.55. The highest BCUT2D eigenvalue weighted by Gasteiger charge is 2.69. The van der Waals surface area contributed by atoms with Gasteiger partial charge in [-0.05, 0) is 71.2 Å². The summed E-state index contributed by atoms with van der Waals surface area (Å²) in [6, 6.07) is 1.61. The Bertz CT molecular complexity index is 1300. The average Bonchev–Trinajstić information content (AvgIpc) is 3.19. The quantitative estimate of drug-likeness (QED) is 0.357. The molecule has 1 aromatic carbocycles. The normalized spacial score (nSPS) is 37.1. The topological polar surface area (TPSA) is 165 Å². The number of likely N-dealkylation sites (N-methyl/N-ethyl adjacent to an activating group) is 1. The van der Waals surface area contributed by atoms with Gasteiger partial charge in [-0.3, -0.25) is 24.1 Å². The van der Waals surface area contributed by atoms with E-state index < -0.39 is 64.7 Å². The Morgan fingerprint density at radius 1 is 1.10 bits per heavy atom. The van der Waals surface area contributed by atoms with Crippen molar-refractivity contribution >= 4 is 28.9 Å². The van der Waals surface area contributed by atoms with Crippen LogP contribution in [-0.4, -0.2) is 106 Å². The predicted molar refractivity (Wildman–Crippen MR) is 150 cm³/mol. The number of hydrogen-bond acceptors (Lipinski definition) is 10. The van der Waals surface area contributed by atoms with Gasteiger partial charge < -0.3 is 30.9 Å². The van der Waals surface area contributed by atoms with E-state index in [1.54, 1.807) is 19.0 Å². The lowest BCUT2D eigenvalue weighted by Crippen LogP contribution is -2.75. The number of nitrogens with zero attached hydrogens (tertiary/aromatic N) is 3. The number of amides is 1. The van der Waals surface area contributed by atoms with Gasteiger partial charge in [-0.15, -0.1) is 0 Å². The molecule has 0 spiro atoms. The fourth-order valence-corrected chi connectivity index (χ4v) is 8.20. The number of hydrogen-bond donors (Lipinski definition) is 4. The zero-order valence-electron chi connectivity index (χ0n) is 24.6. The van der Waals surface area contributed by atoms with Crippen LogP contribution in [0.3, 0.4) is 0 Å². The van der Waals surface area contributed by atoms with E-state index in [1.165, 1.54) is 0 Å². The lowest BCUT2D eigenvalue weighted by atomic mass is 9.52. The molecule has 1 aliphatic heterocycles. The van der Waals surface area contributed by atoms with Crippen molar-refractivity contribution in [1.82, 2.24) is 9.80 Å². The van der Waals surface area contributed by atoms with Crippen LogP contribution in [0.5, 0.6) is 5.75 Å². The van der Waals surface area contributed by atoms with Crippen LogP contribution in [0.4, 0.5) is 5.69 Å². The minimum atomic E-state index is -2.67. The Morgan fingerprint density at radius 2 is 1.71 bits per heavy atom. The molecule has 3 aliphatic carbocycles. The highest BCUT2D eigenvalue weighted by Crippen LogP contribution is 2.53. The maximum atomic E-state index is 14.2. The molecule has 41 heavy (non-hydrogen) atoms. The molecule has 0 aromatic heterocycles. The van der Waals surface area contributed by atoms with E-state index in [2.05, 4.69) is 18.7 Å². The van der Waals surface area contributed by atoms with Gasteiger partial charge in [0.1, 0.15) is 11.7 Å². The van der Waals surface area contributed by atoms with Crippen molar-refractivity contribution in [2.75, 3.05) is 33.1 Å². The van der Waals surface area contributed by atoms with Crippen molar-refractivity contribution in [2.24, 2.45) is 29.4 Å². The van der Waals surface area contributed by atoms with Crippen molar-refractivity contribution in [3.63, 3.8) is 0 Å². The summed E-state index contributed by atoms with van der Waals surface area (Å²) < 4.78 is 0. The molecule has 9 atom stereocenters. The highest BCUT2D eigenvalue weighted by atomic mass is 16.3. The zero-order chi connectivity index (χ0) is 30.3. The van der Waals surface area contributed by atoms with Crippen molar-refractivity contribution < 1.29 is 34.5 Å². The largest absolute Gasteiger partial charge is 0.507 e.